The summed E-state index contributed by atoms with van der Waals surface area (Å²) in [4.78, 5) is 10.9. The van der Waals surface area contributed by atoms with Crippen LogP contribution in [0.4, 0.5) is 0 Å². The molecule has 0 spiro atoms. The van der Waals surface area contributed by atoms with Crippen LogP contribution in [0.5, 0.6) is 0 Å². The second kappa shape index (κ2) is 4.87. The minimum Gasteiger partial charge on any atom is -0.366 e. The molecule has 0 heterocycles. The van der Waals surface area contributed by atoms with Crippen LogP contribution in [0, 0.1) is 0 Å². The highest BCUT2D eigenvalue weighted by molar-refractivity contribution is 5.94. The van der Waals surface area contributed by atoms with Gasteiger partial charge in [0.25, 0.3) is 0 Å². The van der Waals surface area contributed by atoms with Gasteiger partial charge in [0.2, 0.25) is 5.91 Å². The molecule has 0 aromatic heterocycles. The Kier molecular flexibility index (Phi) is 4.49. The average molecular weight is 200 g/mol. The van der Waals surface area contributed by atoms with Crippen LogP contribution >= 0.6 is 12.4 Å². The first-order chi connectivity index (χ1) is 5.63. The Balaban J connectivity index is 0.00000144. The molecule has 0 bridgehead atoms. The van der Waals surface area contributed by atoms with E-state index in [4.69, 9.17) is 5.73 Å². The van der Waals surface area contributed by atoms with Crippen molar-refractivity contribution in [1.29, 1.82) is 0 Å². The van der Waals surface area contributed by atoms with Crippen molar-refractivity contribution in [2.45, 2.75) is 19.8 Å². The summed E-state index contributed by atoms with van der Waals surface area (Å²) < 4.78 is 0. The molecule has 0 atom stereocenters. The topological polar surface area (TPSA) is 43.1 Å². The maximum Gasteiger partial charge on any atom is 0.248 e. The summed E-state index contributed by atoms with van der Waals surface area (Å²) in [5.74, 6) is -0.00648. The molecule has 1 amide bonds. The molecule has 0 unspecified atom stereocenters. The van der Waals surface area contributed by atoms with Crippen molar-refractivity contribution in [1.82, 2.24) is 0 Å². The predicted molar refractivity (Wildman–Crippen MR) is 56.3 cm³/mol. The lowest BCUT2D eigenvalue weighted by atomic mass is 9.97. The summed E-state index contributed by atoms with van der Waals surface area (Å²) in [6, 6.07) is 7.44. The van der Waals surface area contributed by atoms with Crippen LogP contribution in [0.1, 0.15) is 35.7 Å². The summed E-state index contributed by atoms with van der Waals surface area (Å²) >= 11 is 0. The number of benzene rings is 1. The van der Waals surface area contributed by atoms with Crippen LogP contribution in [0.2, 0.25) is 0 Å². The molecule has 0 aliphatic rings. The van der Waals surface area contributed by atoms with Crippen molar-refractivity contribution >= 4 is 18.3 Å². The standard InChI is InChI=1S/C10H13NO.ClH/c1-7(2)8-5-3-4-6-9(8)10(11)12;/h3-7H,1-2H3,(H2,11,12);1H. The molecule has 1 aromatic carbocycles. The van der Waals surface area contributed by atoms with Crippen LogP contribution in [0.25, 0.3) is 0 Å². The van der Waals surface area contributed by atoms with E-state index in [0.717, 1.165) is 5.56 Å². The first-order valence-corrected chi connectivity index (χ1v) is 4.01. The number of carbonyl (C=O) groups excluding carboxylic acids is 1. The van der Waals surface area contributed by atoms with Crippen LogP contribution in [-0.4, -0.2) is 5.91 Å². The summed E-state index contributed by atoms with van der Waals surface area (Å²) in [6.45, 7) is 4.09. The fourth-order valence-corrected chi connectivity index (χ4v) is 1.22. The molecule has 0 aliphatic heterocycles. The van der Waals surface area contributed by atoms with Crippen molar-refractivity contribution in [2.24, 2.45) is 5.73 Å². The zero-order chi connectivity index (χ0) is 9.14. The van der Waals surface area contributed by atoms with Gasteiger partial charge in [-0.05, 0) is 17.5 Å². The molecule has 0 saturated carbocycles. The fourth-order valence-electron chi connectivity index (χ4n) is 1.22. The second-order valence-electron chi connectivity index (χ2n) is 3.11. The Morgan fingerprint density at radius 2 is 1.85 bits per heavy atom. The van der Waals surface area contributed by atoms with Gasteiger partial charge in [-0.25, -0.2) is 0 Å². The van der Waals surface area contributed by atoms with E-state index in [0.29, 0.717) is 11.5 Å². The molecular weight excluding hydrogens is 186 g/mol. The van der Waals surface area contributed by atoms with Gasteiger partial charge in [-0.2, -0.15) is 0 Å². The quantitative estimate of drug-likeness (QED) is 0.781. The SMILES string of the molecule is CC(C)c1ccccc1C(N)=O.Cl. The predicted octanol–water partition coefficient (Wildman–Crippen LogP) is 2.33. The molecule has 0 radical (unpaired) electrons. The van der Waals surface area contributed by atoms with E-state index in [1.54, 1.807) is 6.07 Å². The number of hydrogen-bond acceptors (Lipinski definition) is 1. The van der Waals surface area contributed by atoms with Crippen molar-refractivity contribution in [3.8, 4) is 0 Å². The number of carbonyl (C=O) groups is 1. The largest absolute Gasteiger partial charge is 0.366 e. The van der Waals surface area contributed by atoms with Crippen LogP contribution in [0.15, 0.2) is 24.3 Å². The maximum atomic E-state index is 10.9. The lowest BCUT2D eigenvalue weighted by Crippen LogP contribution is -2.14. The molecule has 1 rings (SSSR count). The third-order valence-electron chi connectivity index (χ3n) is 1.85. The Morgan fingerprint density at radius 1 is 1.31 bits per heavy atom. The van der Waals surface area contributed by atoms with Gasteiger partial charge >= 0.3 is 0 Å². The van der Waals surface area contributed by atoms with Gasteiger partial charge in [-0.3, -0.25) is 4.79 Å². The highest BCUT2D eigenvalue weighted by atomic mass is 35.5. The minimum absolute atomic E-state index is 0. The van der Waals surface area contributed by atoms with Crippen molar-refractivity contribution in [3.63, 3.8) is 0 Å². The Labute approximate surface area is 84.5 Å². The summed E-state index contributed by atoms with van der Waals surface area (Å²) in [7, 11) is 0. The zero-order valence-electron chi connectivity index (χ0n) is 7.78. The van der Waals surface area contributed by atoms with Crippen molar-refractivity contribution in [2.75, 3.05) is 0 Å². The van der Waals surface area contributed by atoms with Crippen LogP contribution < -0.4 is 5.73 Å². The zero-order valence-corrected chi connectivity index (χ0v) is 8.60. The molecule has 2 nitrogen and oxygen atoms in total. The lowest BCUT2D eigenvalue weighted by molar-refractivity contribution is 0.0999. The molecule has 0 saturated heterocycles. The molecule has 13 heavy (non-hydrogen) atoms. The second-order valence-corrected chi connectivity index (χ2v) is 3.11. The molecule has 72 valence electrons. The highest BCUT2D eigenvalue weighted by Crippen LogP contribution is 2.18. The molecule has 3 heteroatoms. The summed E-state index contributed by atoms with van der Waals surface area (Å²) in [5, 5.41) is 0. The number of rotatable bonds is 2. The van der Waals surface area contributed by atoms with E-state index in [1.165, 1.54) is 0 Å². The lowest BCUT2D eigenvalue weighted by Gasteiger charge is -2.08. The fraction of sp³-hybridized carbons (Fsp3) is 0.300. The third-order valence-corrected chi connectivity index (χ3v) is 1.85. The monoisotopic (exact) mass is 199 g/mol. The van der Waals surface area contributed by atoms with Gasteiger partial charge in [0.1, 0.15) is 0 Å². The highest BCUT2D eigenvalue weighted by Gasteiger charge is 2.08. The molecule has 0 aliphatic carbocycles. The molecule has 1 aromatic rings. The van der Waals surface area contributed by atoms with E-state index in [1.807, 2.05) is 32.0 Å². The summed E-state index contributed by atoms with van der Waals surface area (Å²) in [6.07, 6.45) is 0. The van der Waals surface area contributed by atoms with Gasteiger partial charge in [-0.15, -0.1) is 12.4 Å². The van der Waals surface area contributed by atoms with Gasteiger partial charge in [0.05, 0.1) is 0 Å². The number of nitrogens with two attached hydrogens (primary N) is 1. The minimum atomic E-state index is -0.348. The smallest absolute Gasteiger partial charge is 0.248 e. The molecular formula is C10H14ClNO. The van der Waals surface area contributed by atoms with E-state index in [-0.39, 0.29) is 18.3 Å². The Morgan fingerprint density at radius 3 is 2.23 bits per heavy atom. The Bertz CT molecular complexity index is 297. The number of primary amides is 1. The normalized spacial score (nSPS) is 9.46. The average Bonchev–Trinajstić information content (AvgIpc) is 2.04. The van der Waals surface area contributed by atoms with Gasteiger partial charge < -0.3 is 5.73 Å². The first-order valence-electron chi connectivity index (χ1n) is 4.01. The van der Waals surface area contributed by atoms with Gasteiger partial charge in [0.15, 0.2) is 0 Å². The Hall–Kier alpha value is -1.02. The molecule has 0 fully saturated rings. The number of halogens is 1. The van der Waals surface area contributed by atoms with Crippen LogP contribution in [0.3, 0.4) is 0 Å². The number of amides is 1. The first kappa shape index (κ1) is 12.0. The van der Waals surface area contributed by atoms with E-state index >= 15 is 0 Å². The van der Waals surface area contributed by atoms with Crippen LogP contribution in [-0.2, 0) is 0 Å². The van der Waals surface area contributed by atoms with E-state index in [9.17, 15) is 4.79 Å². The van der Waals surface area contributed by atoms with Crippen molar-refractivity contribution < 1.29 is 4.79 Å². The van der Waals surface area contributed by atoms with Gasteiger partial charge in [0, 0.05) is 5.56 Å². The van der Waals surface area contributed by atoms with Gasteiger partial charge in [-0.1, -0.05) is 32.0 Å². The summed E-state index contributed by atoms with van der Waals surface area (Å²) in [5.41, 5.74) is 6.86. The van der Waals surface area contributed by atoms with E-state index in [2.05, 4.69) is 0 Å². The third kappa shape index (κ3) is 2.74. The maximum absolute atomic E-state index is 10.9. The van der Waals surface area contributed by atoms with Crippen molar-refractivity contribution in [3.05, 3.63) is 35.4 Å². The molecule has 2 N–H and O–H groups in total. The van der Waals surface area contributed by atoms with E-state index < -0.39 is 0 Å². The number of hydrogen-bond donors (Lipinski definition) is 1.